The average molecular weight is 314 g/mol. The van der Waals surface area contributed by atoms with Crippen molar-refractivity contribution in [2.75, 3.05) is 19.6 Å². The Balaban J connectivity index is 2.09. The number of carboxylic acid groups (broad SMARTS) is 1. The maximum absolute atomic E-state index is 11.2. The maximum Gasteiger partial charge on any atom is 0.329 e. The summed E-state index contributed by atoms with van der Waals surface area (Å²) in [6.45, 7) is 2.15. The molecule has 1 aliphatic rings. The monoisotopic (exact) mass is 314 g/mol. The normalized spacial score (nSPS) is 20.4. The number of piperazine rings is 1. The number of rotatable bonds is 5. The molecule has 1 aromatic carbocycles. The van der Waals surface area contributed by atoms with Crippen LogP contribution < -0.4 is 5.32 Å². The molecule has 0 bridgehead atoms. The van der Waals surface area contributed by atoms with E-state index in [0.29, 0.717) is 31.7 Å². The summed E-state index contributed by atoms with van der Waals surface area (Å²) in [5.41, 5.74) is 1.43. The molecule has 4 N–H and O–H groups in total. The summed E-state index contributed by atoms with van der Waals surface area (Å²) in [5.74, 6) is -0.886. The van der Waals surface area contributed by atoms with E-state index in [1.54, 1.807) is 12.1 Å². The summed E-state index contributed by atoms with van der Waals surface area (Å²) in [7, 11) is -4.12. The first-order valence-corrected chi connectivity index (χ1v) is 8.45. The zero-order valence-electron chi connectivity index (χ0n) is 11.5. The Morgan fingerprint density at radius 2 is 2.00 bits per heavy atom. The van der Waals surface area contributed by atoms with Crippen LogP contribution >= 0.6 is 7.60 Å². The van der Waals surface area contributed by atoms with Crippen LogP contribution in [0.2, 0.25) is 0 Å². The molecule has 0 aliphatic carbocycles. The van der Waals surface area contributed by atoms with Crippen LogP contribution in [-0.4, -0.2) is 51.4 Å². The summed E-state index contributed by atoms with van der Waals surface area (Å²) in [6.07, 6.45) is -0.294. The first-order valence-electron chi connectivity index (χ1n) is 6.65. The number of carboxylic acids is 1. The van der Waals surface area contributed by atoms with E-state index in [0.717, 1.165) is 5.56 Å². The van der Waals surface area contributed by atoms with Crippen LogP contribution in [0, 0.1) is 0 Å². The molecule has 0 amide bonds. The predicted molar refractivity (Wildman–Crippen MR) is 76.9 cm³/mol. The number of benzene rings is 1. The summed E-state index contributed by atoms with van der Waals surface area (Å²) >= 11 is 0. The first kappa shape index (κ1) is 16.1. The summed E-state index contributed by atoms with van der Waals surface area (Å²) < 4.78 is 11.2. The molecule has 1 aromatic rings. The predicted octanol–water partition coefficient (Wildman–Crippen LogP) is 0.223. The third kappa shape index (κ3) is 4.91. The van der Waals surface area contributed by atoms with Gasteiger partial charge in [0.15, 0.2) is 0 Å². The van der Waals surface area contributed by atoms with Crippen molar-refractivity contribution in [3.63, 3.8) is 0 Å². The van der Waals surface area contributed by atoms with Gasteiger partial charge in [0.25, 0.3) is 0 Å². The smallest absolute Gasteiger partial charge is 0.329 e. The molecule has 1 saturated heterocycles. The van der Waals surface area contributed by atoms with Crippen molar-refractivity contribution in [1.29, 1.82) is 0 Å². The molecular weight excluding hydrogens is 295 g/mol. The van der Waals surface area contributed by atoms with E-state index in [9.17, 15) is 9.36 Å². The minimum atomic E-state index is -4.12. The van der Waals surface area contributed by atoms with Gasteiger partial charge in [0.1, 0.15) is 6.04 Å². The molecule has 0 aromatic heterocycles. The van der Waals surface area contributed by atoms with Crippen LogP contribution in [0.25, 0.3) is 0 Å². The Bertz CT molecular complexity index is 559. The molecule has 116 valence electrons. The standard InChI is InChI=1S/C13H19N2O5P/c16-13(17)12-8-15(6-5-14-12)7-10-3-1-2-4-11(10)9-21(18,19)20/h1-4,12,14H,5-9H2,(H,16,17)(H2,18,19,20). The van der Waals surface area contributed by atoms with Crippen molar-refractivity contribution in [3.8, 4) is 0 Å². The van der Waals surface area contributed by atoms with Gasteiger partial charge in [-0.1, -0.05) is 24.3 Å². The number of hydrogen-bond donors (Lipinski definition) is 4. The Hall–Kier alpha value is -1.24. The van der Waals surface area contributed by atoms with Gasteiger partial charge in [0.2, 0.25) is 0 Å². The third-order valence-corrected chi connectivity index (χ3v) is 4.20. The first-order chi connectivity index (χ1) is 9.85. The average Bonchev–Trinajstić information content (AvgIpc) is 2.40. The number of nitrogens with zero attached hydrogens (tertiary/aromatic N) is 1. The van der Waals surface area contributed by atoms with Crippen molar-refractivity contribution >= 4 is 13.6 Å². The van der Waals surface area contributed by atoms with E-state index >= 15 is 0 Å². The molecule has 0 radical (unpaired) electrons. The topological polar surface area (TPSA) is 110 Å². The Morgan fingerprint density at radius 1 is 1.33 bits per heavy atom. The number of carbonyl (C=O) groups is 1. The fourth-order valence-corrected chi connectivity index (χ4v) is 3.20. The van der Waals surface area contributed by atoms with Gasteiger partial charge in [-0.05, 0) is 11.1 Å². The highest BCUT2D eigenvalue weighted by atomic mass is 31.2. The van der Waals surface area contributed by atoms with Gasteiger partial charge in [0.05, 0.1) is 6.16 Å². The second kappa shape index (κ2) is 6.68. The van der Waals surface area contributed by atoms with Crippen molar-refractivity contribution < 1.29 is 24.3 Å². The van der Waals surface area contributed by atoms with E-state index in [-0.39, 0.29) is 6.16 Å². The molecule has 2 rings (SSSR count). The summed E-state index contributed by atoms with van der Waals surface area (Å²) in [6, 6.07) is 6.48. The minimum Gasteiger partial charge on any atom is -0.480 e. The largest absolute Gasteiger partial charge is 0.480 e. The molecule has 8 heteroatoms. The van der Waals surface area contributed by atoms with Gasteiger partial charge < -0.3 is 20.2 Å². The molecule has 1 aliphatic heterocycles. The highest BCUT2D eigenvalue weighted by molar-refractivity contribution is 7.50. The number of aliphatic carboxylic acids is 1. The van der Waals surface area contributed by atoms with E-state index in [4.69, 9.17) is 14.9 Å². The molecule has 0 saturated carbocycles. The Morgan fingerprint density at radius 3 is 2.62 bits per heavy atom. The number of hydrogen-bond acceptors (Lipinski definition) is 4. The molecular formula is C13H19N2O5P. The van der Waals surface area contributed by atoms with Crippen molar-refractivity contribution in [2.45, 2.75) is 18.7 Å². The SMILES string of the molecule is O=C(O)C1CN(Cc2ccccc2CP(=O)(O)O)CCN1. The summed E-state index contributed by atoms with van der Waals surface area (Å²) in [5, 5.41) is 12.0. The fourth-order valence-electron chi connectivity index (χ4n) is 2.45. The highest BCUT2D eigenvalue weighted by Crippen LogP contribution is 2.40. The van der Waals surface area contributed by atoms with Crippen LogP contribution in [0.5, 0.6) is 0 Å². The van der Waals surface area contributed by atoms with Gasteiger partial charge in [-0.15, -0.1) is 0 Å². The number of nitrogens with one attached hydrogen (secondary N) is 1. The van der Waals surface area contributed by atoms with Gasteiger partial charge >= 0.3 is 13.6 Å². The van der Waals surface area contributed by atoms with Crippen LogP contribution in [0.15, 0.2) is 24.3 Å². The van der Waals surface area contributed by atoms with Crippen molar-refractivity contribution in [3.05, 3.63) is 35.4 Å². The molecule has 1 fully saturated rings. The van der Waals surface area contributed by atoms with Gasteiger partial charge in [-0.25, -0.2) is 0 Å². The Labute approximate surface area is 122 Å². The molecule has 1 unspecified atom stereocenters. The third-order valence-electron chi connectivity index (χ3n) is 3.45. The van der Waals surface area contributed by atoms with Gasteiger partial charge in [0, 0.05) is 26.2 Å². The van der Waals surface area contributed by atoms with E-state index in [1.165, 1.54) is 0 Å². The van der Waals surface area contributed by atoms with Crippen LogP contribution in [0.4, 0.5) is 0 Å². The lowest BCUT2D eigenvalue weighted by Gasteiger charge is -2.32. The zero-order valence-corrected chi connectivity index (χ0v) is 12.4. The lowest BCUT2D eigenvalue weighted by molar-refractivity contribution is -0.140. The van der Waals surface area contributed by atoms with Crippen LogP contribution in [0.1, 0.15) is 11.1 Å². The second-order valence-corrected chi connectivity index (χ2v) is 6.82. The molecule has 21 heavy (non-hydrogen) atoms. The minimum absolute atomic E-state index is 0.294. The van der Waals surface area contributed by atoms with E-state index in [1.807, 2.05) is 17.0 Å². The molecule has 0 spiro atoms. The Kier molecular flexibility index (Phi) is 5.13. The van der Waals surface area contributed by atoms with Crippen LogP contribution in [-0.2, 0) is 22.1 Å². The molecule has 7 nitrogen and oxygen atoms in total. The fraction of sp³-hybridized carbons (Fsp3) is 0.462. The molecule has 1 atom stereocenters. The van der Waals surface area contributed by atoms with Gasteiger partial charge in [-0.3, -0.25) is 14.3 Å². The summed E-state index contributed by atoms with van der Waals surface area (Å²) in [4.78, 5) is 31.2. The second-order valence-electron chi connectivity index (χ2n) is 5.17. The molecule has 1 heterocycles. The van der Waals surface area contributed by atoms with Gasteiger partial charge in [-0.2, -0.15) is 0 Å². The zero-order chi connectivity index (χ0) is 15.5. The van der Waals surface area contributed by atoms with E-state index < -0.39 is 19.6 Å². The highest BCUT2D eigenvalue weighted by Gasteiger charge is 2.25. The van der Waals surface area contributed by atoms with Crippen LogP contribution in [0.3, 0.4) is 0 Å². The van der Waals surface area contributed by atoms with Crippen molar-refractivity contribution in [2.24, 2.45) is 0 Å². The lowest BCUT2D eigenvalue weighted by atomic mass is 10.1. The van der Waals surface area contributed by atoms with E-state index in [2.05, 4.69) is 5.32 Å². The maximum atomic E-state index is 11.2. The lowest BCUT2D eigenvalue weighted by Crippen LogP contribution is -2.53. The van der Waals surface area contributed by atoms with Crippen molar-refractivity contribution in [1.82, 2.24) is 10.2 Å². The quantitative estimate of drug-likeness (QED) is 0.576.